The smallest absolute Gasteiger partial charge is 0.390 e. The van der Waals surface area contributed by atoms with Crippen molar-refractivity contribution < 1.29 is 9.72 Å². The van der Waals surface area contributed by atoms with E-state index in [0.717, 1.165) is 0 Å². The first-order valence-corrected chi connectivity index (χ1v) is 5.17. The number of fused-ring (bicyclic) bond motifs is 1. The molecule has 0 atom stereocenters. The van der Waals surface area contributed by atoms with Crippen molar-refractivity contribution in [3.8, 4) is 0 Å². The Bertz CT molecular complexity index is 635. The number of aromatic nitrogens is 4. The van der Waals surface area contributed by atoms with Crippen molar-refractivity contribution in [2.24, 2.45) is 0 Å². The summed E-state index contributed by atoms with van der Waals surface area (Å²) in [6.07, 6.45) is 1.49. The van der Waals surface area contributed by atoms with Crippen molar-refractivity contribution in [2.75, 3.05) is 5.32 Å². The first-order chi connectivity index (χ1) is 8.52. The zero-order valence-electron chi connectivity index (χ0n) is 9.75. The molecule has 18 heavy (non-hydrogen) atoms. The second kappa shape index (κ2) is 4.35. The van der Waals surface area contributed by atoms with Gasteiger partial charge in [0.25, 0.3) is 0 Å². The first kappa shape index (κ1) is 11.9. The minimum Gasteiger partial charge on any atom is -0.390 e. The summed E-state index contributed by atoms with van der Waals surface area (Å²) in [6, 6.07) is 0. The topological polar surface area (TPSA) is 116 Å². The van der Waals surface area contributed by atoms with Gasteiger partial charge in [0.05, 0.1) is 6.33 Å². The van der Waals surface area contributed by atoms with Crippen LogP contribution < -0.4 is 5.32 Å². The Hall–Kier alpha value is -2.58. The molecular weight excluding hydrogens is 240 g/mol. The molecule has 2 aromatic rings. The van der Waals surface area contributed by atoms with E-state index in [0.29, 0.717) is 17.7 Å². The van der Waals surface area contributed by atoms with E-state index in [1.54, 1.807) is 4.57 Å². The van der Waals surface area contributed by atoms with E-state index in [-0.39, 0.29) is 11.7 Å². The van der Waals surface area contributed by atoms with Crippen LogP contribution in [0.5, 0.6) is 0 Å². The highest BCUT2D eigenvalue weighted by molar-refractivity contribution is 5.95. The van der Waals surface area contributed by atoms with Crippen LogP contribution in [0.4, 0.5) is 11.8 Å². The van der Waals surface area contributed by atoms with Crippen LogP contribution in [0.25, 0.3) is 11.2 Å². The number of carbonyl (C=O) groups excluding carboxylic acids is 1. The minimum atomic E-state index is -0.711. The van der Waals surface area contributed by atoms with Gasteiger partial charge in [0, 0.05) is 13.5 Å². The van der Waals surface area contributed by atoms with Crippen molar-refractivity contribution in [1.29, 1.82) is 0 Å². The molecule has 94 valence electrons. The molecule has 0 aliphatic heterocycles. The van der Waals surface area contributed by atoms with Crippen molar-refractivity contribution in [3.63, 3.8) is 0 Å². The lowest BCUT2D eigenvalue weighted by Gasteiger charge is -2.00. The average Bonchev–Trinajstić information content (AvgIpc) is 2.71. The quantitative estimate of drug-likeness (QED) is 0.633. The molecular formula is C9H10N6O3. The van der Waals surface area contributed by atoms with Gasteiger partial charge in [0.15, 0.2) is 5.52 Å². The molecule has 0 radical (unpaired) electrons. The van der Waals surface area contributed by atoms with Gasteiger partial charge in [-0.05, 0) is 21.8 Å². The van der Waals surface area contributed by atoms with E-state index in [1.165, 1.54) is 13.3 Å². The zero-order chi connectivity index (χ0) is 13.3. The van der Waals surface area contributed by atoms with Crippen LogP contribution in [0.2, 0.25) is 0 Å². The molecule has 0 fully saturated rings. The molecule has 1 amide bonds. The minimum absolute atomic E-state index is 0.0476. The van der Waals surface area contributed by atoms with Gasteiger partial charge in [-0.15, -0.1) is 0 Å². The first-order valence-electron chi connectivity index (χ1n) is 5.17. The normalized spacial score (nSPS) is 10.6. The molecule has 0 saturated carbocycles. The number of hydrogen-bond donors (Lipinski definition) is 1. The Labute approximate surface area is 101 Å². The molecule has 1 N–H and O–H groups in total. The number of anilines is 1. The zero-order valence-corrected chi connectivity index (χ0v) is 9.75. The number of nitrogens with zero attached hydrogens (tertiary/aromatic N) is 5. The predicted octanol–water partition coefficient (Wildman–Crippen LogP) is 0.713. The van der Waals surface area contributed by atoms with Crippen molar-refractivity contribution in [3.05, 3.63) is 16.4 Å². The second-order valence-electron chi connectivity index (χ2n) is 3.51. The second-order valence-corrected chi connectivity index (χ2v) is 3.51. The molecule has 9 heteroatoms. The number of imidazole rings is 1. The number of carbonyl (C=O) groups is 1. The number of hydrogen-bond acceptors (Lipinski definition) is 6. The maximum atomic E-state index is 11.0. The van der Waals surface area contributed by atoms with Gasteiger partial charge < -0.3 is 14.7 Å². The summed E-state index contributed by atoms with van der Waals surface area (Å²) < 4.78 is 1.63. The standard InChI is InChI=1S/C9H10N6O3/c1-3-14-4-10-6-7(11-5(2)16)12-9(15(17)18)13-8(6)14/h4H,3H2,1-2H3,(H,11,12,13,16). The molecule has 0 saturated heterocycles. The molecule has 0 spiro atoms. The van der Waals surface area contributed by atoms with Gasteiger partial charge in [-0.2, -0.15) is 0 Å². The predicted molar refractivity (Wildman–Crippen MR) is 62.0 cm³/mol. The number of aryl methyl sites for hydroxylation is 1. The van der Waals surface area contributed by atoms with Crippen LogP contribution in [0.1, 0.15) is 13.8 Å². The molecule has 2 aromatic heterocycles. The van der Waals surface area contributed by atoms with Gasteiger partial charge >= 0.3 is 5.95 Å². The van der Waals surface area contributed by atoms with E-state index in [2.05, 4.69) is 20.3 Å². The third kappa shape index (κ3) is 1.97. The number of rotatable bonds is 3. The summed E-state index contributed by atoms with van der Waals surface area (Å²) in [5.41, 5.74) is 0.653. The molecule has 2 heterocycles. The summed E-state index contributed by atoms with van der Waals surface area (Å²) in [6.45, 7) is 3.70. The van der Waals surface area contributed by atoms with Gasteiger partial charge in [-0.25, -0.2) is 4.98 Å². The average molecular weight is 250 g/mol. The molecule has 0 unspecified atom stereocenters. The summed E-state index contributed by atoms with van der Waals surface area (Å²) in [4.78, 5) is 32.6. The van der Waals surface area contributed by atoms with Crippen LogP contribution in [0.15, 0.2) is 6.33 Å². The SMILES string of the molecule is CCn1cnc2c(NC(C)=O)nc([N+](=O)[O-])nc21. The Balaban J connectivity index is 2.70. The van der Waals surface area contributed by atoms with Gasteiger partial charge in [0.1, 0.15) is 0 Å². The van der Waals surface area contributed by atoms with E-state index < -0.39 is 10.9 Å². The monoisotopic (exact) mass is 250 g/mol. The lowest BCUT2D eigenvalue weighted by molar-refractivity contribution is -0.394. The highest BCUT2D eigenvalue weighted by Crippen LogP contribution is 2.21. The molecule has 0 bridgehead atoms. The fourth-order valence-corrected chi connectivity index (χ4v) is 1.50. The van der Waals surface area contributed by atoms with Crippen molar-refractivity contribution in [1.82, 2.24) is 19.5 Å². The summed E-state index contributed by atoms with van der Waals surface area (Å²) in [7, 11) is 0. The number of nitrogens with one attached hydrogen (secondary N) is 1. The van der Waals surface area contributed by atoms with Crippen LogP contribution in [0.3, 0.4) is 0 Å². The fourth-order valence-electron chi connectivity index (χ4n) is 1.50. The maximum absolute atomic E-state index is 11.0. The molecule has 9 nitrogen and oxygen atoms in total. The van der Waals surface area contributed by atoms with Crippen LogP contribution in [-0.2, 0) is 11.3 Å². The van der Waals surface area contributed by atoms with Gasteiger partial charge in [0.2, 0.25) is 17.4 Å². The molecule has 0 aromatic carbocycles. The van der Waals surface area contributed by atoms with E-state index in [4.69, 9.17) is 0 Å². The number of nitro groups is 1. The van der Waals surface area contributed by atoms with Gasteiger partial charge in [-0.3, -0.25) is 10.1 Å². The third-order valence-corrected chi connectivity index (χ3v) is 2.25. The molecule has 2 rings (SSSR count). The third-order valence-electron chi connectivity index (χ3n) is 2.25. The van der Waals surface area contributed by atoms with E-state index in [9.17, 15) is 14.9 Å². The van der Waals surface area contributed by atoms with E-state index >= 15 is 0 Å². The Kier molecular flexibility index (Phi) is 2.88. The van der Waals surface area contributed by atoms with Crippen LogP contribution in [0, 0.1) is 10.1 Å². The van der Waals surface area contributed by atoms with Gasteiger partial charge in [-0.1, -0.05) is 0 Å². The Morgan fingerprint density at radius 1 is 1.56 bits per heavy atom. The summed E-state index contributed by atoms with van der Waals surface area (Å²) in [5, 5.41) is 13.2. The Morgan fingerprint density at radius 2 is 2.28 bits per heavy atom. The largest absolute Gasteiger partial charge is 0.473 e. The maximum Gasteiger partial charge on any atom is 0.473 e. The highest BCUT2D eigenvalue weighted by Gasteiger charge is 2.22. The lowest BCUT2D eigenvalue weighted by atomic mass is 10.4. The molecule has 0 aliphatic rings. The van der Waals surface area contributed by atoms with Crippen molar-refractivity contribution >= 4 is 28.8 Å². The van der Waals surface area contributed by atoms with Crippen LogP contribution >= 0.6 is 0 Å². The fraction of sp³-hybridized carbons (Fsp3) is 0.333. The number of amides is 1. The van der Waals surface area contributed by atoms with E-state index in [1.807, 2.05) is 6.92 Å². The summed E-state index contributed by atoms with van der Waals surface area (Å²) >= 11 is 0. The lowest BCUT2D eigenvalue weighted by Crippen LogP contribution is -2.10. The highest BCUT2D eigenvalue weighted by atomic mass is 16.6. The Morgan fingerprint density at radius 3 is 2.83 bits per heavy atom. The van der Waals surface area contributed by atoms with Crippen LogP contribution in [-0.4, -0.2) is 30.3 Å². The molecule has 0 aliphatic carbocycles. The van der Waals surface area contributed by atoms with Crippen molar-refractivity contribution in [2.45, 2.75) is 20.4 Å². The summed E-state index contributed by atoms with van der Waals surface area (Å²) in [5.74, 6) is -0.900.